The number of rotatable bonds is 30. The van der Waals surface area contributed by atoms with Crippen LogP contribution >= 0.6 is 24.1 Å². The van der Waals surface area contributed by atoms with Crippen LogP contribution in [0.1, 0.15) is 84.5 Å². The number of esters is 2. The zero-order valence-electron chi connectivity index (χ0n) is 44.3. The molecule has 81 heavy (non-hydrogen) atoms. The van der Waals surface area contributed by atoms with Gasteiger partial charge in [0, 0.05) is 28.7 Å². The van der Waals surface area contributed by atoms with E-state index in [9.17, 15) is 37.7 Å². The van der Waals surface area contributed by atoms with E-state index in [-0.39, 0.29) is 97.6 Å². The minimum atomic E-state index is -3.97. The van der Waals surface area contributed by atoms with Crippen LogP contribution in [0.15, 0.2) is 211 Å². The molecule has 0 bridgehead atoms. The Hall–Kier alpha value is -3.52. The first kappa shape index (κ1) is 79.5. The third kappa shape index (κ3) is 34.8. The summed E-state index contributed by atoms with van der Waals surface area (Å²) in [6.45, 7) is 0.0967. The van der Waals surface area contributed by atoms with Crippen LogP contribution in [0.4, 0.5) is 17.6 Å². The van der Waals surface area contributed by atoms with Gasteiger partial charge in [0.05, 0.1) is 35.0 Å². The van der Waals surface area contributed by atoms with Gasteiger partial charge in [-0.25, -0.2) is 9.59 Å². The van der Waals surface area contributed by atoms with Crippen molar-refractivity contribution < 1.29 is 118 Å². The smallest absolute Gasteiger partial charge is 1.00 e. The summed E-state index contributed by atoms with van der Waals surface area (Å²) in [4.78, 5) is 29.9. The number of aliphatic hydroxyl groups excluding tert-OH is 2. The Morgan fingerprint density at radius 2 is 0.617 bits per heavy atom. The molecule has 0 aliphatic carbocycles. The predicted molar refractivity (Wildman–Crippen MR) is 302 cm³/mol. The average molecular weight is 1230 g/mol. The van der Waals surface area contributed by atoms with E-state index in [1.165, 1.54) is 29.4 Å². The van der Waals surface area contributed by atoms with Crippen LogP contribution in [-0.4, -0.2) is 74.6 Å². The Labute approximate surface area is 520 Å². The minimum absolute atomic E-state index is 0. The van der Waals surface area contributed by atoms with E-state index >= 15 is 0 Å². The summed E-state index contributed by atoms with van der Waals surface area (Å²) >= 11 is -1.40. The van der Waals surface area contributed by atoms with E-state index in [4.69, 9.17) is 10.2 Å². The van der Waals surface area contributed by atoms with E-state index < -0.39 is 46.5 Å². The monoisotopic (exact) mass is 1230 g/mol. The van der Waals surface area contributed by atoms with Crippen LogP contribution in [0.2, 0.25) is 0 Å². The zero-order valence-corrected chi connectivity index (χ0v) is 50.3. The molecule has 0 spiro atoms. The standard InChI is InChI=1S/2C18H15S.2C10H18F2O6S.CH4.B2.ClH.Na/c2*1-4-10-16(11-5-1)19(17-12-6-2-7-13-17)18-14-8-3-9-15-18;2*11-10(12,19-18-17-15)9(14)16-8-6-4-2-1-3-5-7-13;;1-2;;/h2*1-15H;2*13,15H,1-8H2;1H4;;1H;/q2*+1;;;;;;+1/p-3. The number of benzene rings is 6. The first-order valence-corrected chi connectivity index (χ1v) is 28.6. The van der Waals surface area contributed by atoms with Gasteiger partial charge < -0.3 is 42.6 Å². The molecular weight excluding hydrogens is 1160 g/mol. The second-order valence-electron chi connectivity index (χ2n) is 15.9. The van der Waals surface area contributed by atoms with Gasteiger partial charge in [0.15, 0.2) is 29.4 Å². The third-order valence-corrected chi connectivity index (χ3v) is 15.7. The fourth-order valence-corrected chi connectivity index (χ4v) is 11.4. The van der Waals surface area contributed by atoms with Gasteiger partial charge in [-0.3, -0.25) is 10.1 Å². The maximum absolute atomic E-state index is 12.8. The molecule has 6 aromatic carbocycles. The number of carbonyl (C=O) groups is 2. The van der Waals surface area contributed by atoms with E-state index in [1.54, 1.807) is 0 Å². The molecule has 434 valence electrons. The molecule has 0 atom stereocenters. The van der Waals surface area contributed by atoms with Crippen molar-refractivity contribution in [3.8, 4) is 0 Å². The van der Waals surface area contributed by atoms with E-state index in [1.807, 2.05) is 0 Å². The summed E-state index contributed by atoms with van der Waals surface area (Å²) in [6, 6.07) is 64.3. The second kappa shape index (κ2) is 50.9. The Kier molecular flexibility index (Phi) is 50.0. The van der Waals surface area contributed by atoms with Gasteiger partial charge in [-0.05, 0) is 98.5 Å². The van der Waals surface area contributed by atoms with Crippen molar-refractivity contribution in [1.29, 1.82) is 0 Å². The van der Waals surface area contributed by atoms with Gasteiger partial charge in [0.25, 0.3) is 0 Å². The number of ether oxygens (including phenoxy) is 2. The van der Waals surface area contributed by atoms with Gasteiger partial charge in [-0.2, -0.15) is 26.2 Å². The molecule has 24 heteroatoms. The molecule has 0 aliphatic heterocycles. The Morgan fingerprint density at radius 1 is 0.420 bits per heavy atom. The largest absolute Gasteiger partial charge is 1.00 e. The van der Waals surface area contributed by atoms with Crippen LogP contribution in [0, 0.1) is 0 Å². The van der Waals surface area contributed by atoms with Crippen LogP contribution in [0.25, 0.3) is 0 Å². The van der Waals surface area contributed by atoms with Crippen molar-refractivity contribution in [2.75, 3.05) is 26.4 Å². The van der Waals surface area contributed by atoms with Gasteiger partial charge in [0.1, 0.15) is 24.1 Å². The number of halogens is 5. The minimum Gasteiger partial charge on any atom is -1.00 e. The van der Waals surface area contributed by atoms with Crippen molar-refractivity contribution >= 4 is 73.3 Å². The molecule has 2 N–H and O–H groups in total. The Morgan fingerprint density at radius 3 is 0.815 bits per heavy atom. The fraction of sp³-hybridized carbons (Fsp3) is 0.333. The molecule has 0 amide bonds. The summed E-state index contributed by atoms with van der Waals surface area (Å²) in [7, 11) is 7.97. The van der Waals surface area contributed by atoms with Crippen molar-refractivity contribution in [1.82, 2.24) is 0 Å². The molecule has 0 aromatic heterocycles. The van der Waals surface area contributed by atoms with Crippen molar-refractivity contribution in [3.05, 3.63) is 182 Å². The maximum Gasteiger partial charge on any atom is 1.00 e. The summed E-state index contributed by atoms with van der Waals surface area (Å²) in [5.41, 5.74) is 0. The normalized spacial score (nSPS) is 10.4. The molecule has 6 aromatic rings. The number of hydrogen-bond acceptors (Lipinski definition) is 14. The molecule has 0 unspecified atom stereocenters. The molecule has 0 heterocycles. The fourth-order valence-electron chi connectivity index (χ4n) is 6.68. The summed E-state index contributed by atoms with van der Waals surface area (Å²) in [6.07, 6.45) is 9.43. The molecule has 4 radical (unpaired) electrons. The van der Waals surface area contributed by atoms with Crippen molar-refractivity contribution in [2.24, 2.45) is 0 Å². The van der Waals surface area contributed by atoms with E-state index in [2.05, 4.69) is 226 Å². The predicted octanol–water partition coefficient (Wildman–Crippen LogP) is 6.10. The zero-order chi connectivity index (χ0) is 57.0. The molecule has 6 rings (SSSR count). The first-order chi connectivity index (χ1) is 38.0. The number of carbonyl (C=O) groups excluding carboxylic acids is 2. The molecular formula is C57H68B2ClF4NaO12S4. The van der Waals surface area contributed by atoms with E-state index in [0.717, 1.165) is 64.2 Å². The molecule has 0 fully saturated rings. The molecule has 0 aliphatic rings. The van der Waals surface area contributed by atoms with Crippen molar-refractivity contribution in [3.63, 3.8) is 0 Å². The number of alkyl halides is 4. The van der Waals surface area contributed by atoms with Gasteiger partial charge in [-0.15, -0.1) is 0 Å². The van der Waals surface area contributed by atoms with Crippen molar-refractivity contribution in [2.45, 2.75) is 124 Å². The van der Waals surface area contributed by atoms with E-state index in [0.29, 0.717) is 12.8 Å². The van der Waals surface area contributed by atoms with Crippen LogP contribution in [-0.2, 0) is 59.6 Å². The number of unbranched alkanes of at least 4 members (excludes halogenated alkanes) is 10. The quantitative estimate of drug-likeness (QED) is 0.00774. The maximum atomic E-state index is 12.8. The summed E-state index contributed by atoms with van der Waals surface area (Å²) in [5, 5.41) is 33.3. The summed E-state index contributed by atoms with van der Waals surface area (Å²) in [5.74, 6) is -3.54. The SMILES string of the molecule is C.O=C(OCCCCCCCCO)C(F)(F)SOO[O-].O=C(OCCCCCCCCO)C(F)(F)SOO[O-].[B][B].[Cl-].[Na+].c1ccc([S+](c2ccccc2)c2ccccc2)cc1.c1ccc([S+](c2ccccc2)c2ccccc2)cc1. The van der Waals surface area contributed by atoms with Gasteiger partial charge in [-0.1, -0.05) is 168 Å². The van der Waals surface area contributed by atoms with Crippen LogP contribution in [0.3, 0.4) is 0 Å². The molecule has 12 nitrogen and oxygen atoms in total. The summed E-state index contributed by atoms with van der Waals surface area (Å²) < 4.78 is 66.8. The molecule has 0 saturated heterocycles. The Balaban J connectivity index is 0. The van der Waals surface area contributed by atoms with Crippen LogP contribution in [0.5, 0.6) is 0 Å². The number of aliphatic hydroxyl groups is 2. The Bertz CT molecular complexity index is 2040. The topological polar surface area (TPSA) is 176 Å². The second-order valence-corrected chi connectivity index (χ2v) is 21.6. The first-order valence-electron chi connectivity index (χ1n) is 24.7. The number of hydrogen-bond donors (Lipinski definition) is 2. The van der Waals surface area contributed by atoms with Gasteiger partial charge in [0.2, 0.25) is 0 Å². The molecule has 0 saturated carbocycles. The third-order valence-electron chi connectivity index (χ3n) is 10.3. The van der Waals surface area contributed by atoms with Crippen LogP contribution < -0.4 is 52.5 Å². The van der Waals surface area contributed by atoms with Gasteiger partial charge >= 0.3 is 52.0 Å². The average Bonchev–Trinajstić information content (AvgIpc) is 3.48.